The van der Waals surface area contributed by atoms with Crippen LogP contribution in [-0.2, 0) is 0 Å². The summed E-state index contributed by atoms with van der Waals surface area (Å²) >= 11 is 3.07. The van der Waals surface area contributed by atoms with Crippen LogP contribution in [0, 0.1) is 13.8 Å². The molecule has 4 nitrogen and oxygen atoms in total. The van der Waals surface area contributed by atoms with Gasteiger partial charge in [-0.15, -0.1) is 22.7 Å². The first-order valence-corrected chi connectivity index (χ1v) is 7.48. The second kappa shape index (κ2) is 4.71. The first-order valence-electron chi connectivity index (χ1n) is 5.72. The fourth-order valence-corrected chi connectivity index (χ4v) is 3.40. The number of nitrogens with one attached hydrogen (secondary N) is 1. The van der Waals surface area contributed by atoms with Crippen molar-refractivity contribution in [2.24, 2.45) is 0 Å². The van der Waals surface area contributed by atoms with Gasteiger partial charge in [0, 0.05) is 17.1 Å². The molecule has 0 bridgehead atoms. The molecule has 0 spiro atoms. The zero-order valence-electron chi connectivity index (χ0n) is 10.4. The number of nitrogens with zero attached hydrogens (tertiary/aromatic N) is 2. The van der Waals surface area contributed by atoms with Crippen LogP contribution in [0.2, 0.25) is 0 Å². The molecule has 3 heterocycles. The van der Waals surface area contributed by atoms with Crippen LogP contribution in [0.4, 0.5) is 0 Å². The quantitative estimate of drug-likeness (QED) is 0.788. The van der Waals surface area contributed by atoms with Gasteiger partial charge in [0.15, 0.2) is 10.8 Å². The Labute approximate surface area is 117 Å². The molecule has 0 aliphatic rings. The molecule has 19 heavy (non-hydrogen) atoms. The molecular formula is C13H11N3OS2. The highest BCUT2D eigenvalue weighted by Crippen LogP contribution is 2.28. The lowest BCUT2D eigenvalue weighted by Gasteiger charge is -2.01. The molecule has 0 saturated heterocycles. The van der Waals surface area contributed by atoms with Crippen molar-refractivity contribution in [1.82, 2.24) is 15.0 Å². The fourth-order valence-electron chi connectivity index (χ4n) is 1.77. The molecular weight excluding hydrogens is 278 g/mol. The van der Waals surface area contributed by atoms with Gasteiger partial charge in [0.25, 0.3) is 5.56 Å². The van der Waals surface area contributed by atoms with E-state index in [-0.39, 0.29) is 5.56 Å². The summed E-state index contributed by atoms with van der Waals surface area (Å²) < 4.78 is 0. The molecule has 3 aromatic heterocycles. The molecule has 0 amide bonds. The van der Waals surface area contributed by atoms with E-state index in [1.54, 1.807) is 11.3 Å². The van der Waals surface area contributed by atoms with Crippen molar-refractivity contribution in [2.75, 3.05) is 0 Å². The van der Waals surface area contributed by atoms with E-state index in [2.05, 4.69) is 15.0 Å². The van der Waals surface area contributed by atoms with Gasteiger partial charge in [0.2, 0.25) is 0 Å². The van der Waals surface area contributed by atoms with Gasteiger partial charge < -0.3 is 4.98 Å². The van der Waals surface area contributed by atoms with Gasteiger partial charge in [-0.25, -0.2) is 9.97 Å². The average Bonchev–Trinajstić information content (AvgIpc) is 2.97. The van der Waals surface area contributed by atoms with Crippen LogP contribution in [0.3, 0.4) is 0 Å². The van der Waals surface area contributed by atoms with Gasteiger partial charge in [0.1, 0.15) is 0 Å². The maximum Gasteiger partial charge on any atom is 0.251 e. The second-order valence-corrected chi connectivity index (χ2v) is 5.98. The molecule has 0 atom stereocenters. The Morgan fingerprint density at radius 3 is 2.68 bits per heavy atom. The highest BCUT2D eigenvalue weighted by molar-refractivity contribution is 7.13. The summed E-state index contributed by atoms with van der Waals surface area (Å²) in [7, 11) is 0. The zero-order chi connectivity index (χ0) is 13.4. The van der Waals surface area contributed by atoms with Crippen molar-refractivity contribution in [1.29, 1.82) is 0 Å². The Bertz CT molecular complexity index is 785. The van der Waals surface area contributed by atoms with E-state index < -0.39 is 0 Å². The lowest BCUT2D eigenvalue weighted by Crippen LogP contribution is -2.08. The average molecular weight is 289 g/mol. The number of aryl methyl sites for hydroxylation is 2. The number of thiophene rings is 1. The monoisotopic (exact) mass is 289 g/mol. The molecule has 0 fully saturated rings. The summed E-state index contributed by atoms with van der Waals surface area (Å²) in [5, 5.41) is 4.68. The summed E-state index contributed by atoms with van der Waals surface area (Å²) in [6.07, 6.45) is 0. The Balaban J connectivity index is 2.16. The first-order chi connectivity index (χ1) is 9.13. The molecule has 3 rings (SSSR count). The van der Waals surface area contributed by atoms with E-state index >= 15 is 0 Å². The largest absolute Gasteiger partial charge is 0.304 e. The maximum atomic E-state index is 11.8. The lowest BCUT2D eigenvalue weighted by molar-refractivity contribution is 1.11. The Kier molecular flexibility index (Phi) is 3.04. The number of rotatable bonds is 2. The molecule has 0 unspecified atom stereocenters. The standard InChI is InChI=1S/C13H11N3OS2/c1-7-3-4-18-11(7)9-5-10(17)16-12(15-9)13-14-8(2)6-19-13/h3-6H,1-2H3,(H,15,16,17). The predicted octanol–water partition coefficient (Wildman–Crippen LogP) is 3.24. The van der Waals surface area contributed by atoms with Gasteiger partial charge in [-0.2, -0.15) is 0 Å². The molecule has 0 aromatic carbocycles. The lowest BCUT2D eigenvalue weighted by atomic mass is 10.2. The van der Waals surface area contributed by atoms with Crippen LogP contribution in [0.1, 0.15) is 11.3 Å². The summed E-state index contributed by atoms with van der Waals surface area (Å²) in [4.78, 5) is 24.4. The number of hydrogen-bond acceptors (Lipinski definition) is 5. The molecule has 3 aromatic rings. The van der Waals surface area contributed by atoms with Gasteiger partial charge in [-0.1, -0.05) is 0 Å². The Morgan fingerprint density at radius 2 is 2.05 bits per heavy atom. The van der Waals surface area contributed by atoms with E-state index in [0.29, 0.717) is 11.5 Å². The van der Waals surface area contributed by atoms with Gasteiger partial charge in [-0.3, -0.25) is 4.79 Å². The minimum atomic E-state index is -0.152. The molecule has 0 aliphatic carbocycles. The van der Waals surface area contributed by atoms with Crippen molar-refractivity contribution < 1.29 is 0 Å². The van der Waals surface area contributed by atoms with Crippen molar-refractivity contribution >= 4 is 22.7 Å². The van der Waals surface area contributed by atoms with E-state index in [1.807, 2.05) is 30.7 Å². The second-order valence-electron chi connectivity index (χ2n) is 4.21. The number of aromatic nitrogens is 3. The van der Waals surface area contributed by atoms with Crippen molar-refractivity contribution in [3.63, 3.8) is 0 Å². The minimum Gasteiger partial charge on any atom is -0.304 e. The van der Waals surface area contributed by atoms with Crippen LogP contribution >= 0.6 is 22.7 Å². The Hall–Kier alpha value is -1.79. The van der Waals surface area contributed by atoms with E-state index in [9.17, 15) is 4.79 Å². The normalized spacial score (nSPS) is 10.8. The highest BCUT2D eigenvalue weighted by Gasteiger charge is 2.11. The van der Waals surface area contributed by atoms with E-state index in [0.717, 1.165) is 21.1 Å². The molecule has 0 radical (unpaired) electrons. The minimum absolute atomic E-state index is 0.152. The molecule has 1 N–H and O–H groups in total. The topological polar surface area (TPSA) is 58.6 Å². The van der Waals surface area contributed by atoms with Crippen molar-refractivity contribution in [3.8, 4) is 21.4 Å². The molecule has 6 heteroatoms. The summed E-state index contributed by atoms with van der Waals surface area (Å²) in [5.41, 5.74) is 2.62. The van der Waals surface area contributed by atoms with Crippen LogP contribution < -0.4 is 5.56 Å². The Morgan fingerprint density at radius 1 is 1.21 bits per heavy atom. The number of H-pyrrole nitrogens is 1. The third-order valence-electron chi connectivity index (χ3n) is 2.66. The van der Waals surface area contributed by atoms with Crippen LogP contribution in [-0.4, -0.2) is 15.0 Å². The van der Waals surface area contributed by atoms with Gasteiger partial charge >= 0.3 is 0 Å². The fraction of sp³-hybridized carbons (Fsp3) is 0.154. The third kappa shape index (κ3) is 2.36. The highest BCUT2D eigenvalue weighted by atomic mass is 32.1. The van der Waals surface area contributed by atoms with Gasteiger partial charge in [-0.05, 0) is 30.9 Å². The molecule has 0 saturated carbocycles. The van der Waals surface area contributed by atoms with Crippen LogP contribution in [0.25, 0.3) is 21.4 Å². The number of aromatic amines is 1. The smallest absolute Gasteiger partial charge is 0.251 e. The van der Waals surface area contributed by atoms with Crippen LogP contribution in [0.15, 0.2) is 27.7 Å². The van der Waals surface area contributed by atoms with Crippen LogP contribution in [0.5, 0.6) is 0 Å². The zero-order valence-corrected chi connectivity index (χ0v) is 12.1. The molecule has 96 valence electrons. The van der Waals surface area contributed by atoms with Crippen molar-refractivity contribution in [3.05, 3.63) is 44.5 Å². The third-order valence-corrected chi connectivity index (χ3v) is 4.66. The van der Waals surface area contributed by atoms with Crippen molar-refractivity contribution in [2.45, 2.75) is 13.8 Å². The number of hydrogen-bond donors (Lipinski definition) is 1. The number of thiazole rings is 1. The molecule has 0 aliphatic heterocycles. The van der Waals surface area contributed by atoms with E-state index in [1.165, 1.54) is 17.4 Å². The predicted molar refractivity (Wildman–Crippen MR) is 78.8 cm³/mol. The summed E-state index contributed by atoms with van der Waals surface area (Å²) in [5.74, 6) is 0.536. The SMILES string of the molecule is Cc1csc(-c2nc(-c3sccc3C)cc(=O)[nH]2)n1. The summed E-state index contributed by atoms with van der Waals surface area (Å²) in [6.45, 7) is 3.94. The summed E-state index contributed by atoms with van der Waals surface area (Å²) in [6, 6.07) is 3.55. The first kappa shape index (κ1) is 12.3. The maximum absolute atomic E-state index is 11.8. The van der Waals surface area contributed by atoms with E-state index in [4.69, 9.17) is 0 Å². The van der Waals surface area contributed by atoms with Gasteiger partial charge in [0.05, 0.1) is 10.6 Å².